The van der Waals surface area contributed by atoms with Gasteiger partial charge in [-0.2, -0.15) is 13.2 Å². The van der Waals surface area contributed by atoms with Gasteiger partial charge in [-0.25, -0.2) is 8.78 Å². The zero-order valence-corrected chi connectivity index (χ0v) is 10.5. The minimum absolute atomic E-state index is 0.200. The lowest BCUT2D eigenvalue weighted by molar-refractivity contribution is -0.136. The Labute approximate surface area is 108 Å². The van der Waals surface area contributed by atoms with Gasteiger partial charge in [0.2, 0.25) is 0 Å². The second-order valence-corrected chi connectivity index (χ2v) is 4.33. The van der Waals surface area contributed by atoms with Gasteiger partial charge in [-0.1, -0.05) is 13.0 Å². The Hall–Kier alpha value is -1.17. The molecule has 1 aromatic carbocycles. The first-order valence-corrected chi connectivity index (χ1v) is 6.08. The molecular weight excluding hydrogens is 265 g/mol. The lowest BCUT2D eigenvalue weighted by atomic mass is 10.0. The van der Waals surface area contributed by atoms with Crippen molar-refractivity contribution in [2.75, 3.05) is 6.54 Å². The third-order valence-corrected chi connectivity index (χ3v) is 2.70. The Morgan fingerprint density at radius 1 is 1.16 bits per heavy atom. The van der Waals surface area contributed by atoms with Gasteiger partial charge in [0.05, 0.1) is 0 Å². The summed E-state index contributed by atoms with van der Waals surface area (Å²) in [6, 6.07) is 2.55. The van der Waals surface area contributed by atoms with E-state index in [1.807, 2.05) is 6.92 Å². The Kier molecular flexibility index (Phi) is 5.72. The minimum atomic E-state index is -4.26. The quantitative estimate of drug-likeness (QED) is 0.764. The van der Waals surface area contributed by atoms with Crippen LogP contribution >= 0.6 is 0 Å². The first-order valence-electron chi connectivity index (χ1n) is 6.08. The van der Waals surface area contributed by atoms with Crippen LogP contribution in [0.15, 0.2) is 18.2 Å². The standard InChI is InChI=1S/C13H16F5N/c1-2-7-19-12(5-6-13(16,17)18)9-3-4-10(14)11(15)8-9/h3-4,8,12,19H,2,5-7H2,1H3. The van der Waals surface area contributed by atoms with Gasteiger partial charge in [0.15, 0.2) is 11.6 Å². The first kappa shape index (κ1) is 15.9. The van der Waals surface area contributed by atoms with Gasteiger partial charge in [0, 0.05) is 12.5 Å². The summed E-state index contributed by atoms with van der Waals surface area (Å²) >= 11 is 0. The van der Waals surface area contributed by atoms with E-state index in [0.29, 0.717) is 12.1 Å². The zero-order chi connectivity index (χ0) is 14.5. The molecule has 19 heavy (non-hydrogen) atoms. The number of benzene rings is 1. The molecule has 6 heteroatoms. The van der Waals surface area contributed by atoms with E-state index >= 15 is 0 Å². The van der Waals surface area contributed by atoms with Gasteiger partial charge >= 0.3 is 6.18 Å². The fourth-order valence-electron chi connectivity index (χ4n) is 1.74. The summed E-state index contributed by atoms with van der Waals surface area (Å²) in [5.41, 5.74) is 0.330. The van der Waals surface area contributed by atoms with Crippen LogP contribution in [0.25, 0.3) is 0 Å². The molecule has 108 valence electrons. The maximum absolute atomic E-state index is 13.1. The van der Waals surface area contributed by atoms with E-state index < -0.39 is 30.3 Å². The average molecular weight is 281 g/mol. The molecule has 1 N–H and O–H groups in total. The third-order valence-electron chi connectivity index (χ3n) is 2.70. The minimum Gasteiger partial charge on any atom is -0.310 e. The molecule has 0 fully saturated rings. The Morgan fingerprint density at radius 2 is 1.84 bits per heavy atom. The van der Waals surface area contributed by atoms with E-state index in [1.165, 1.54) is 6.07 Å². The van der Waals surface area contributed by atoms with Crippen LogP contribution in [0.3, 0.4) is 0 Å². The molecule has 0 aliphatic carbocycles. The summed E-state index contributed by atoms with van der Waals surface area (Å²) in [7, 11) is 0. The summed E-state index contributed by atoms with van der Waals surface area (Å²) in [5.74, 6) is -2.05. The average Bonchev–Trinajstić information content (AvgIpc) is 2.32. The van der Waals surface area contributed by atoms with Crippen LogP contribution < -0.4 is 5.32 Å². The molecule has 0 saturated carbocycles. The summed E-state index contributed by atoms with van der Waals surface area (Å²) in [6.07, 6.45) is -4.68. The molecule has 0 bridgehead atoms. The highest BCUT2D eigenvalue weighted by Crippen LogP contribution is 2.28. The number of halogens is 5. The van der Waals surface area contributed by atoms with Crippen LogP contribution in [0.4, 0.5) is 22.0 Å². The molecule has 0 aliphatic rings. The molecular formula is C13H16F5N. The highest BCUT2D eigenvalue weighted by molar-refractivity contribution is 5.21. The van der Waals surface area contributed by atoms with Crippen molar-refractivity contribution in [3.05, 3.63) is 35.4 Å². The van der Waals surface area contributed by atoms with Gasteiger partial charge in [-0.15, -0.1) is 0 Å². The van der Waals surface area contributed by atoms with E-state index in [4.69, 9.17) is 0 Å². The van der Waals surface area contributed by atoms with Crippen LogP contribution in [-0.4, -0.2) is 12.7 Å². The van der Waals surface area contributed by atoms with Crippen LogP contribution in [0, 0.1) is 11.6 Å². The first-order chi connectivity index (χ1) is 8.83. The van der Waals surface area contributed by atoms with Crippen LogP contribution in [0.1, 0.15) is 37.8 Å². The molecule has 1 rings (SSSR count). The lowest BCUT2D eigenvalue weighted by Crippen LogP contribution is -2.24. The topological polar surface area (TPSA) is 12.0 Å². The van der Waals surface area contributed by atoms with Gasteiger partial charge < -0.3 is 5.32 Å². The number of alkyl halides is 3. The monoisotopic (exact) mass is 281 g/mol. The normalized spacial score (nSPS) is 13.6. The second-order valence-electron chi connectivity index (χ2n) is 4.33. The van der Waals surface area contributed by atoms with Crippen molar-refractivity contribution in [3.8, 4) is 0 Å². The number of rotatable bonds is 6. The Balaban J connectivity index is 2.79. The highest BCUT2D eigenvalue weighted by Gasteiger charge is 2.28. The summed E-state index contributed by atoms with van der Waals surface area (Å²) in [4.78, 5) is 0. The van der Waals surface area contributed by atoms with Gasteiger partial charge in [-0.05, 0) is 37.1 Å². The molecule has 1 unspecified atom stereocenters. The van der Waals surface area contributed by atoms with Gasteiger partial charge in [-0.3, -0.25) is 0 Å². The molecule has 0 saturated heterocycles. The van der Waals surface area contributed by atoms with Crippen molar-refractivity contribution >= 4 is 0 Å². The fourth-order valence-corrected chi connectivity index (χ4v) is 1.74. The number of hydrogen-bond acceptors (Lipinski definition) is 1. The molecule has 0 aromatic heterocycles. The molecule has 0 aliphatic heterocycles. The SMILES string of the molecule is CCCNC(CCC(F)(F)F)c1ccc(F)c(F)c1. The molecule has 0 radical (unpaired) electrons. The highest BCUT2D eigenvalue weighted by atomic mass is 19.4. The van der Waals surface area contributed by atoms with E-state index in [0.717, 1.165) is 18.6 Å². The van der Waals surface area contributed by atoms with Crippen molar-refractivity contribution in [2.24, 2.45) is 0 Å². The van der Waals surface area contributed by atoms with E-state index in [-0.39, 0.29) is 6.42 Å². The van der Waals surface area contributed by atoms with Gasteiger partial charge in [0.1, 0.15) is 0 Å². The summed E-state index contributed by atoms with van der Waals surface area (Å²) < 4.78 is 62.6. The molecule has 1 aromatic rings. The Morgan fingerprint density at radius 3 is 2.37 bits per heavy atom. The fraction of sp³-hybridized carbons (Fsp3) is 0.538. The maximum Gasteiger partial charge on any atom is 0.389 e. The van der Waals surface area contributed by atoms with Crippen LogP contribution in [0.5, 0.6) is 0 Å². The molecule has 0 heterocycles. The Bertz CT molecular complexity index is 403. The molecule has 1 atom stereocenters. The summed E-state index contributed by atoms with van der Waals surface area (Å²) in [6.45, 7) is 2.39. The second kappa shape index (κ2) is 6.84. The molecule has 0 spiro atoms. The zero-order valence-electron chi connectivity index (χ0n) is 10.5. The lowest BCUT2D eigenvalue weighted by Gasteiger charge is -2.20. The van der Waals surface area contributed by atoms with E-state index in [2.05, 4.69) is 5.32 Å². The number of hydrogen-bond donors (Lipinski definition) is 1. The van der Waals surface area contributed by atoms with Crippen molar-refractivity contribution in [3.63, 3.8) is 0 Å². The van der Waals surface area contributed by atoms with E-state index in [9.17, 15) is 22.0 Å². The van der Waals surface area contributed by atoms with Gasteiger partial charge in [0.25, 0.3) is 0 Å². The third kappa shape index (κ3) is 5.55. The maximum atomic E-state index is 13.1. The predicted molar refractivity (Wildman–Crippen MR) is 62.7 cm³/mol. The largest absolute Gasteiger partial charge is 0.389 e. The van der Waals surface area contributed by atoms with E-state index in [1.54, 1.807) is 0 Å². The summed E-state index contributed by atoms with van der Waals surface area (Å²) in [5, 5.41) is 2.92. The van der Waals surface area contributed by atoms with Crippen molar-refractivity contribution in [1.82, 2.24) is 5.32 Å². The number of nitrogens with one attached hydrogen (secondary N) is 1. The smallest absolute Gasteiger partial charge is 0.310 e. The van der Waals surface area contributed by atoms with Crippen LogP contribution in [0.2, 0.25) is 0 Å². The van der Waals surface area contributed by atoms with Crippen molar-refractivity contribution < 1.29 is 22.0 Å². The molecule has 0 amide bonds. The van der Waals surface area contributed by atoms with Crippen LogP contribution in [-0.2, 0) is 0 Å². The van der Waals surface area contributed by atoms with Crippen molar-refractivity contribution in [1.29, 1.82) is 0 Å². The molecule has 1 nitrogen and oxygen atoms in total. The predicted octanol–water partition coefficient (Wildman–Crippen LogP) is 4.35. The van der Waals surface area contributed by atoms with Crippen molar-refractivity contribution in [2.45, 2.75) is 38.4 Å².